The van der Waals surface area contributed by atoms with Gasteiger partial charge in [-0.1, -0.05) is 11.6 Å². The molecule has 8 nitrogen and oxygen atoms in total. The molecule has 3 N–H and O–H groups in total. The molecule has 0 bridgehead atoms. The van der Waals surface area contributed by atoms with Crippen molar-refractivity contribution in [3.63, 3.8) is 0 Å². The summed E-state index contributed by atoms with van der Waals surface area (Å²) in [4.78, 5) is 27.9. The summed E-state index contributed by atoms with van der Waals surface area (Å²) in [5, 5.41) is 15.1. The Bertz CT molecular complexity index is 924. The van der Waals surface area contributed by atoms with E-state index < -0.39 is 17.8 Å². The Hall–Kier alpha value is -2.91. The number of nitrogens with zero attached hydrogens (tertiary/aromatic N) is 1. The number of hydrogen-bond donors (Lipinski definition) is 3. The van der Waals surface area contributed by atoms with E-state index in [1.54, 1.807) is 12.3 Å². The van der Waals surface area contributed by atoms with Gasteiger partial charge in [-0.3, -0.25) is 14.6 Å². The van der Waals surface area contributed by atoms with Crippen LogP contribution in [0.4, 0.5) is 4.39 Å². The number of benzene rings is 1. The van der Waals surface area contributed by atoms with Gasteiger partial charge in [0.1, 0.15) is 17.3 Å². The van der Waals surface area contributed by atoms with E-state index in [0.29, 0.717) is 11.7 Å². The van der Waals surface area contributed by atoms with Crippen LogP contribution in [0.15, 0.2) is 36.5 Å². The van der Waals surface area contributed by atoms with Crippen molar-refractivity contribution in [2.75, 3.05) is 26.3 Å². The summed E-state index contributed by atoms with van der Waals surface area (Å²) in [5.41, 5.74) is 1.04. The third kappa shape index (κ3) is 7.97. The predicted molar refractivity (Wildman–Crippen MR) is 115 cm³/mol. The fourth-order valence-corrected chi connectivity index (χ4v) is 2.89. The number of ether oxygens (including phenoxy) is 2. The lowest BCUT2D eigenvalue weighted by Gasteiger charge is -2.13. The number of carbonyl (C=O) groups is 2. The quantitative estimate of drug-likeness (QED) is 0.443. The molecule has 1 aliphatic rings. The molecule has 10 heteroatoms. The highest BCUT2D eigenvalue weighted by molar-refractivity contribution is 6.30. The van der Waals surface area contributed by atoms with E-state index in [-0.39, 0.29) is 49.4 Å². The first-order chi connectivity index (χ1) is 15.4. The van der Waals surface area contributed by atoms with Crippen LogP contribution < -0.4 is 20.1 Å². The Labute approximate surface area is 190 Å². The van der Waals surface area contributed by atoms with Crippen molar-refractivity contribution in [2.24, 2.45) is 0 Å². The standard InChI is InChI=1S/C22H25ClFN3O5/c23-18-5-3-16(9-19(18)24)31-12-21(29)25-8-7-15(28)10-27-22(30)13-32-17-4-6-20(26-11-17)14-1-2-14/h3-6,9,11,14-15,28H,1-2,7-8,10,12-13H2,(H,25,29)(H,27,30). The minimum Gasteiger partial charge on any atom is -0.484 e. The smallest absolute Gasteiger partial charge is 0.258 e. The largest absolute Gasteiger partial charge is 0.484 e. The number of carbonyl (C=O) groups excluding carboxylic acids is 2. The second-order valence-electron chi connectivity index (χ2n) is 7.44. The molecule has 1 unspecified atom stereocenters. The minimum atomic E-state index is -0.843. The number of hydrogen-bond acceptors (Lipinski definition) is 6. The Morgan fingerprint density at radius 2 is 1.81 bits per heavy atom. The number of rotatable bonds is 12. The lowest BCUT2D eigenvalue weighted by Crippen LogP contribution is -2.37. The highest BCUT2D eigenvalue weighted by Gasteiger charge is 2.24. The average Bonchev–Trinajstić information content (AvgIpc) is 3.63. The fraction of sp³-hybridized carbons (Fsp3) is 0.409. The zero-order chi connectivity index (χ0) is 22.9. The summed E-state index contributed by atoms with van der Waals surface area (Å²) in [6, 6.07) is 7.57. The molecular formula is C22H25ClFN3O5. The van der Waals surface area contributed by atoms with Gasteiger partial charge in [0.2, 0.25) is 0 Å². The number of nitrogens with one attached hydrogen (secondary N) is 2. The molecule has 2 amide bonds. The zero-order valence-corrected chi connectivity index (χ0v) is 18.1. The number of amides is 2. The molecule has 1 heterocycles. The molecule has 32 heavy (non-hydrogen) atoms. The van der Waals surface area contributed by atoms with Crippen LogP contribution in [0.3, 0.4) is 0 Å². The van der Waals surface area contributed by atoms with Gasteiger partial charge in [-0.2, -0.15) is 0 Å². The Morgan fingerprint density at radius 1 is 1.12 bits per heavy atom. The number of aromatic nitrogens is 1. The van der Waals surface area contributed by atoms with Crippen molar-refractivity contribution in [3.8, 4) is 11.5 Å². The highest BCUT2D eigenvalue weighted by Crippen LogP contribution is 2.39. The number of pyridine rings is 1. The first-order valence-corrected chi connectivity index (χ1v) is 10.7. The molecule has 172 valence electrons. The highest BCUT2D eigenvalue weighted by atomic mass is 35.5. The van der Waals surface area contributed by atoms with Crippen LogP contribution in [-0.2, 0) is 9.59 Å². The molecule has 1 saturated carbocycles. The maximum atomic E-state index is 13.3. The van der Waals surface area contributed by atoms with Crippen molar-refractivity contribution < 1.29 is 28.6 Å². The summed E-state index contributed by atoms with van der Waals surface area (Å²) in [5.74, 6) is -0.185. The van der Waals surface area contributed by atoms with E-state index in [4.69, 9.17) is 21.1 Å². The van der Waals surface area contributed by atoms with Crippen molar-refractivity contribution >= 4 is 23.4 Å². The summed E-state index contributed by atoms with van der Waals surface area (Å²) in [6.45, 7) is -0.278. The fourth-order valence-electron chi connectivity index (χ4n) is 2.78. The Morgan fingerprint density at radius 3 is 2.47 bits per heavy atom. The van der Waals surface area contributed by atoms with Crippen molar-refractivity contribution in [1.29, 1.82) is 0 Å². The maximum Gasteiger partial charge on any atom is 0.258 e. The topological polar surface area (TPSA) is 110 Å². The second kappa shape index (κ2) is 11.6. The van der Waals surface area contributed by atoms with Gasteiger partial charge < -0.3 is 25.2 Å². The molecule has 1 aromatic heterocycles. The van der Waals surface area contributed by atoms with Crippen LogP contribution in [0, 0.1) is 5.82 Å². The van der Waals surface area contributed by atoms with Crippen LogP contribution in [0.5, 0.6) is 11.5 Å². The summed E-state index contributed by atoms with van der Waals surface area (Å²) in [7, 11) is 0. The average molecular weight is 466 g/mol. The van der Waals surface area contributed by atoms with Gasteiger partial charge in [-0.05, 0) is 43.5 Å². The van der Waals surface area contributed by atoms with Gasteiger partial charge in [0, 0.05) is 30.8 Å². The molecule has 1 fully saturated rings. The molecule has 1 atom stereocenters. The van der Waals surface area contributed by atoms with E-state index >= 15 is 0 Å². The van der Waals surface area contributed by atoms with Crippen LogP contribution in [0.2, 0.25) is 5.02 Å². The summed E-state index contributed by atoms with van der Waals surface area (Å²) < 4.78 is 23.9. The Balaban J connectivity index is 1.24. The first kappa shape index (κ1) is 23.7. The van der Waals surface area contributed by atoms with Gasteiger partial charge in [-0.25, -0.2) is 4.39 Å². The van der Waals surface area contributed by atoms with E-state index in [1.165, 1.54) is 25.0 Å². The molecular weight excluding hydrogens is 441 g/mol. The van der Waals surface area contributed by atoms with Gasteiger partial charge >= 0.3 is 0 Å². The predicted octanol–water partition coefficient (Wildman–Crippen LogP) is 2.19. The van der Waals surface area contributed by atoms with E-state index in [0.717, 1.165) is 11.8 Å². The van der Waals surface area contributed by atoms with E-state index in [2.05, 4.69) is 15.6 Å². The first-order valence-electron chi connectivity index (χ1n) is 10.3. The van der Waals surface area contributed by atoms with Crippen molar-refractivity contribution in [2.45, 2.75) is 31.3 Å². The number of aliphatic hydroxyl groups excluding tert-OH is 1. The number of aliphatic hydroxyl groups is 1. The number of halogens is 2. The molecule has 0 radical (unpaired) electrons. The minimum absolute atomic E-state index is 0.0253. The van der Waals surface area contributed by atoms with E-state index in [9.17, 15) is 19.1 Å². The Kier molecular flexibility index (Phi) is 8.64. The van der Waals surface area contributed by atoms with Crippen LogP contribution in [-0.4, -0.2) is 54.3 Å². The summed E-state index contributed by atoms with van der Waals surface area (Å²) in [6.07, 6.45) is 3.32. The van der Waals surface area contributed by atoms with Gasteiger partial charge in [0.15, 0.2) is 13.2 Å². The summed E-state index contributed by atoms with van der Waals surface area (Å²) >= 11 is 5.58. The van der Waals surface area contributed by atoms with Crippen LogP contribution >= 0.6 is 11.6 Å². The maximum absolute atomic E-state index is 13.3. The molecule has 0 saturated heterocycles. The SMILES string of the molecule is O=C(COc1ccc(Cl)c(F)c1)NCCC(O)CNC(=O)COc1ccc(C2CC2)nc1. The van der Waals surface area contributed by atoms with Crippen molar-refractivity contribution in [1.82, 2.24) is 15.6 Å². The lowest BCUT2D eigenvalue weighted by molar-refractivity contribution is -0.124. The van der Waals surface area contributed by atoms with Crippen LogP contribution in [0.1, 0.15) is 30.9 Å². The van der Waals surface area contributed by atoms with Gasteiger partial charge in [-0.15, -0.1) is 0 Å². The third-order valence-electron chi connectivity index (χ3n) is 4.72. The monoisotopic (exact) mass is 465 g/mol. The molecule has 0 aliphatic heterocycles. The molecule has 2 aromatic rings. The molecule has 1 aromatic carbocycles. The lowest BCUT2D eigenvalue weighted by atomic mass is 10.2. The van der Waals surface area contributed by atoms with Crippen molar-refractivity contribution in [3.05, 3.63) is 53.1 Å². The van der Waals surface area contributed by atoms with E-state index in [1.807, 2.05) is 6.07 Å². The normalized spacial score (nSPS) is 13.8. The molecule has 3 rings (SSSR count). The third-order valence-corrected chi connectivity index (χ3v) is 5.03. The zero-order valence-electron chi connectivity index (χ0n) is 17.4. The van der Waals surface area contributed by atoms with Crippen LogP contribution in [0.25, 0.3) is 0 Å². The molecule has 0 spiro atoms. The van der Waals surface area contributed by atoms with Gasteiger partial charge in [0.25, 0.3) is 11.8 Å². The van der Waals surface area contributed by atoms with Gasteiger partial charge in [0.05, 0.1) is 17.3 Å². The molecule has 1 aliphatic carbocycles. The second-order valence-corrected chi connectivity index (χ2v) is 7.85.